The van der Waals surface area contributed by atoms with Crippen molar-refractivity contribution in [1.82, 2.24) is 4.57 Å². The summed E-state index contributed by atoms with van der Waals surface area (Å²) in [5.74, 6) is 0.379. The summed E-state index contributed by atoms with van der Waals surface area (Å²) >= 11 is 0. The first-order valence-electron chi connectivity index (χ1n) is 20.1. The van der Waals surface area contributed by atoms with Crippen LogP contribution in [-0.2, 0) is 0 Å². The smallest absolute Gasteiger partial charge is 0.0548 e. The first-order chi connectivity index (χ1) is 28.7. The molecule has 1 aliphatic carbocycles. The maximum Gasteiger partial charge on any atom is 0.0548 e. The van der Waals surface area contributed by atoms with Gasteiger partial charge in [-0.3, -0.25) is 0 Å². The van der Waals surface area contributed by atoms with Gasteiger partial charge in [-0.2, -0.15) is 0 Å². The monoisotopic (exact) mass is 745 g/mol. The second kappa shape index (κ2) is 15.3. The number of para-hydroxylation sites is 2. The van der Waals surface area contributed by atoms with Gasteiger partial charge in [-0.25, -0.2) is 0 Å². The summed E-state index contributed by atoms with van der Waals surface area (Å²) < 4.78 is 2.42. The number of nitrogens with zero attached hydrogens (tertiary/aromatic N) is 1. The molecule has 10 rings (SSSR count). The van der Waals surface area contributed by atoms with Gasteiger partial charge in [0.25, 0.3) is 0 Å². The third-order valence-corrected chi connectivity index (χ3v) is 11.6. The molecule has 0 aliphatic heterocycles. The van der Waals surface area contributed by atoms with Crippen molar-refractivity contribution < 1.29 is 0 Å². The standard InChI is InChI=1S/C55H43N3/c1-38-47(32-33-51(55(38)42-21-11-4-12-22-42)56-45-30-27-40(28-31-45)39-17-7-2-8-18-39)43-29-34-53-49(35-43)50-36-52(57-44-23-13-5-14-24-44)48(41-19-9-3-10-20-41)37-54(50)58(53)46-25-15-6-16-26-46/h2-38,47,56-57H,1H3. The van der Waals surface area contributed by atoms with Crippen molar-refractivity contribution in [2.24, 2.45) is 5.92 Å². The number of nitrogens with one attached hydrogen (secondary N) is 2. The van der Waals surface area contributed by atoms with Crippen LogP contribution in [0, 0.1) is 5.92 Å². The number of allylic oxidation sites excluding steroid dienone is 3. The second-order valence-corrected chi connectivity index (χ2v) is 15.2. The normalized spacial score (nSPS) is 15.2. The molecule has 58 heavy (non-hydrogen) atoms. The first-order valence-corrected chi connectivity index (χ1v) is 20.1. The molecule has 0 saturated carbocycles. The predicted octanol–water partition coefficient (Wildman–Crippen LogP) is 14.7. The van der Waals surface area contributed by atoms with Crippen molar-refractivity contribution >= 4 is 44.4 Å². The lowest BCUT2D eigenvalue weighted by atomic mass is 9.75. The zero-order chi connectivity index (χ0) is 38.8. The maximum absolute atomic E-state index is 3.81. The Hall–Kier alpha value is -7.36. The highest BCUT2D eigenvalue weighted by atomic mass is 15.0. The fourth-order valence-electron chi connectivity index (χ4n) is 8.74. The highest BCUT2D eigenvalue weighted by molar-refractivity contribution is 6.12. The molecule has 8 aromatic carbocycles. The molecule has 0 bridgehead atoms. The highest BCUT2D eigenvalue weighted by Gasteiger charge is 2.28. The largest absolute Gasteiger partial charge is 0.355 e. The molecule has 0 fully saturated rings. The van der Waals surface area contributed by atoms with E-state index in [1.54, 1.807) is 0 Å². The molecular weight excluding hydrogens is 703 g/mol. The summed E-state index contributed by atoms with van der Waals surface area (Å²) in [4.78, 5) is 0. The topological polar surface area (TPSA) is 29.0 Å². The fourth-order valence-corrected chi connectivity index (χ4v) is 8.74. The molecule has 3 nitrogen and oxygen atoms in total. The van der Waals surface area contributed by atoms with Crippen LogP contribution in [0.1, 0.15) is 24.0 Å². The van der Waals surface area contributed by atoms with Gasteiger partial charge in [-0.1, -0.05) is 159 Å². The summed E-state index contributed by atoms with van der Waals surface area (Å²) in [5.41, 5.74) is 16.5. The van der Waals surface area contributed by atoms with Gasteiger partial charge in [0.1, 0.15) is 0 Å². The minimum absolute atomic E-state index is 0.172. The van der Waals surface area contributed by atoms with Crippen molar-refractivity contribution in [3.63, 3.8) is 0 Å². The quantitative estimate of drug-likeness (QED) is 0.154. The number of fused-ring (bicyclic) bond motifs is 3. The zero-order valence-corrected chi connectivity index (χ0v) is 32.4. The molecule has 2 N–H and O–H groups in total. The number of hydrogen-bond acceptors (Lipinski definition) is 2. The summed E-state index contributed by atoms with van der Waals surface area (Å²) in [6, 6.07) is 73.9. The minimum Gasteiger partial charge on any atom is -0.355 e. The Kier molecular flexibility index (Phi) is 9.25. The number of rotatable bonds is 9. The van der Waals surface area contributed by atoms with Crippen LogP contribution < -0.4 is 10.6 Å². The predicted molar refractivity (Wildman–Crippen MR) is 246 cm³/mol. The fraction of sp³-hybridized carbons (Fsp3) is 0.0545. The molecule has 1 aliphatic rings. The van der Waals surface area contributed by atoms with E-state index >= 15 is 0 Å². The van der Waals surface area contributed by atoms with Crippen molar-refractivity contribution in [3.8, 4) is 27.9 Å². The average molecular weight is 746 g/mol. The first kappa shape index (κ1) is 35.1. The van der Waals surface area contributed by atoms with Crippen molar-refractivity contribution in [1.29, 1.82) is 0 Å². The van der Waals surface area contributed by atoms with E-state index in [4.69, 9.17) is 0 Å². The van der Waals surface area contributed by atoms with Crippen molar-refractivity contribution in [3.05, 3.63) is 235 Å². The van der Waals surface area contributed by atoms with Crippen LogP contribution in [0.3, 0.4) is 0 Å². The van der Waals surface area contributed by atoms with E-state index in [-0.39, 0.29) is 11.8 Å². The molecular formula is C55H43N3. The summed E-state index contributed by atoms with van der Waals surface area (Å²) in [6.07, 6.45) is 4.69. The van der Waals surface area contributed by atoms with E-state index in [1.165, 1.54) is 55.2 Å². The van der Waals surface area contributed by atoms with Crippen molar-refractivity contribution in [2.45, 2.75) is 12.8 Å². The van der Waals surface area contributed by atoms with E-state index < -0.39 is 0 Å². The summed E-state index contributed by atoms with van der Waals surface area (Å²) in [5, 5.41) is 10.1. The second-order valence-electron chi connectivity index (χ2n) is 15.2. The lowest BCUT2D eigenvalue weighted by Gasteiger charge is -2.31. The molecule has 2 atom stereocenters. The minimum atomic E-state index is 0.172. The van der Waals surface area contributed by atoms with Gasteiger partial charge < -0.3 is 15.2 Å². The highest BCUT2D eigenvalue weighted by Crippen LogP contribution is 2.45. The van der Waals surface area contributed by atoms with Gasteiger partial charge in [-0.15, -0.1) is 0 Å². The summed E-state index contributed by atoms with van der Waals surface area (Å²) in [6.45, 7) is 2.38. The van der Waals surface area contributed by atoms with Gasteiger partial charge in [0.05, 0.1) is 11.0 Å². The zero-order valence-electron chi connectivity index (χ0n) is 32.4. The third kappa shape index (κ3) is 6.67. The van der Waals surface area contributed by atoms with Crippen LogP contribution in [0.15, 0.2) is 224 Å². The Bertz CT molecular complexity index is 2910. The molecule has 1 heterocycles. The number of hydrogen-bond donors (Lipinski definition) is 2. The van der Waals surface area contributed by atoms with Crippen LogP contribution in [0.2, 0.25) is 0 Å². The Balaban J connectivity index is 1.09. The molecule has 0 amide bonds. The van der Waals surface area contributed by atoms with Gasteiger partial charge in [0.15, 0.2) is 0 Å². The van der Waals surface area contributed by atoms with E-state index in [0.29, 0.717) is 0 Å². The number of benzene rings is 8. The Morgan fingerprint density at radius 2 is 1.00 bits per heavy atom. The number of aromatic nitrogens is 1. The van der Waals surface area contributed by atoms with Gasteiger partial charge in [0, 0.05) is 50.7 Å². The van der Waals surface area contributed by atoms with Gasteiger partial charge >= 0.3 is 0 Å². The van der Waals surface area contributed by atoms with E-state index in [0.717, 1.165) is 34.0 Å². The van der Waals surface area contributed by atoms with Crippen LogP contribution in [0.5, 0.6) is 0 Å². The van der Waals surface area contributed by atoms with Crippen LogP contribution in [-0.4, -0.2) is 4.57 Å². The average Bonchev–Trinajstić information content (AvgIpc) is 3.60. The van der Waals surface area contributed by atoms with E-state index in [9.17, 15) is 0 Å². The Labute approximate surface area is 340 Å². The maximum atomic E-state index is 3.81. The SMILES string of the molecule is CC1C(c2ccccc2)=C(Nc2ccc(-c3ccccc3)cc2)C=CC1c1ccc2c(c1)c1cc(Nc3ccccc3)c(-c3ccccc3)cc1n2-c1ccccc1. The molecule has 2 unspecified atom stereocenters. The van der Waals surface area contributed by atoms with E-state index in [1.807, 2.05) is 0 Å². The van der Waals surface area contributed by atoms with Crippen molar-refractivity contribution in [2.75, 3.05) is 10.6 Å². The lowest BCUT2D eigenvalue weighted by molar-refractivity contribution is 0.650. The summed E-state index contributed by atoms with van der Waals surface area (Å²) in [7, 11) is 0. The van der Waals surface area contributed by atoms with Crippen LogP contribution in [0.4, 0.5) is 17.1 Å². The number of anilines is 3. The molecule has 0 saturated heterocycles. The third-order valence-electron chi connectivity index (χ3n) is 11.6. The molecule has 9 aromatic rings. The molecule has 0 radical (unpaired) electrons. The van der Waals surface area contributed by atoms with Crippen LogP contribution >= 0.6 is 0 Å². The van der Waals surface area contributed by atoms with Crippen LogP contribution in [0.25, 0.3) is 55.3 Å². The molecule has 278 valence electrons. The Morgan fingerprint density at radius 3 is 1.67 bits per heavy atom. The molecule has 0 spiro atoms. The Morgan fingerprint density at radius 1 is 0.448 bits per heavy atom. The lowest BCUT2D eigenvalue weighted by Crippen LogP contribution is -2.18. The molecule has 1 aromatic heterocycles. The van der Waals surface area contributed by atoms with Gasteiger partial charge in [0.2, 0.25) is 0 Å². The van der Waals surface area contributed by atoms with Gasteiger partial charge in [-0.05, 0) is 106 Å². The molecule has 3 heteroatoms. The van der Waals surface area contributed by atoms with E-state index in [2.05, 4.69) is 241 Å².